The number of carboxylic acids is 1. The van der Waals surface area contributed by atoms with Crippen molar-refractivity contribution in [1.29, 1.82) is 5.26 Å². The van der Waals surface area contributed by atoms with Gasteiger partial charge in [-0.25, -0.2) is 4.79 Å². The fourth-order valence-corrected chi connectivity index (χ4v) is 2.40. The van der Waals surface area contributed by atoms with Crippen LogP contribution in [0.5, 0.6) is 5.75 Å². The second-order valence-corrected chi connectivity index (χ2v) is 4.61. The molecule has 2 aromatic rings. The average Bonchev–Trinajstić information content (AvgIpc) is 2.94. The van der Waals surface area contributed by atoms with Crippen LogP contribution in [0.2, 0.25) is 0 Å². The molecule has 0 atom stereocenters. The van der Waals surface area contributed by atoms with E-state index in [0.29, 0.717) is 24.3 Å². The van der Waals surface area contributed by atoms with Crippen LogP contribution in [-0.4, -0.2) is 17.7 Å². The minimum Gasteiger partial charge on any atom is -0.492 e. The quantitative estimate of drug-likeness (QED) is 0.906. The summed E-state index contributed by atoms with van der Waals surface area (Å²) in [5.74, 6) is -0.529. The van der Waals surface area contributed by atoms with Crippen LogP contribution in [0.25, 0.3) is 11.1 Å². The molecule has 0 radical (unpaired) electrons. The molecular formula is C16H11NO3. The van der Waals surface area contributed by atoms with Gasteiger partial charge < -0.3 is 9.84 Å². The molecule has 0 aliphatic carbocycles. The minimum atomic E-state index is -0.999. The van der Waals surface area contributed by atoms with E-state index in [1.54, 1.807) is 24.3 Å². The zero-order valence-corrected chi connectivity index (χ0v) is 10.6. The van der Waals surface area contributed by atoms with Crippen LogP contribution >= 0.6 is 0 Å². The van der Waals surface area contributed by atoms with Gasteiger partial charge in [0.1, 0.15) is 11.3 Å². The minimum absolute atomic E-state index is 0.178. The Kier molecular flexibility index (Phi) is 2.88. The maximum atomic E-state index is 11.3. The number of rotatable bonds is 2. The SMILES string of the molecule is N#Cc1cccc(-c2cc3c(c(C(=O)O)c2)OCC3)c1. The number of carboxylic acid groups (broad SMARTS) is 1. The Labute approximate surface area is 115 Å². The molecule has 0 unspecified atom stereocenters. The number of carbonyl (C=O) groups is 1. The molecule has 3 rings (SSSR count). The summed E-state index contributed by atoms with van der Waals surface area (Å²) in [6.07, 6.45) is 0.710. The molecule has 1 aliphatic rings. The molecule has 2 aromatic carbocycles. The van der Waals surface area contributed by atoms with Crippen molar-refractivity contribution < 1.29 is 14.6 Å². The molecular weight excluding hydrogens is 254 g/mol. The molecule has 20 heavy (non-hydrogen) atoms. The lowest BCUT2D eigenvalue weighted by molar-refractivity contribution is 0.0693. The number of nitrogens with zero attached hydrogens (tertiary/aromatic N) is 1. The molecule has 4 heteroatoms. The van der Waals surface area contributed by atoms with Gasteiger partial charge in [0, 0.05) is 6.42 Å². The van der Waals surface area contributed by atoms with Gasteiger partial charge in [-0.15, -0.1) is 0 Å². The van der Waals surface area contributed by atoms with Crippen molar-refractivity contribution in [2.24, 2.45) is 0 Å². The fraction of sp³-hybridized carbons (Fsp3) is 0.125. The Balaban J connectivity index is 2.17. The van der Waals surface area contributed by atoms with Gasteiger partial charge in [0.15, 0.2) is 0 Å². The predicted molar refractivity (Wildman–Crippen MR) is 72.8 cm³/mol. The number of fused-ring (bicyclic) bond motifs is 1. The number of ether oxygens (including phenoxy) is 1. The first-order valence-corrected chi connectivity index (χ1v) is 6.22. The van der Waals surface area contributed by atoms with E-state index < -0.39 is 5.97 Å². The molecule has 98 valence electrons. The summed E-state index contributed by atoms with van der Waals surface area (Å²) < 4.78 is 5.39. The third-order valence-corrected chi connectivity index (χ3v) is 3.34. The van der Waals surface area contributed by atoms with Gasteiger partial charge in [0.25, 0.3) is 0 Å². The number of aromatic carboxylic acids is 1. The second kappa shape index (κ2) is 4.71. The molecule has 1 N–H and O–H groups in total. The molecule has 0 bridgehead atoms. The normalized spacial score (nSPS) is 12.3. The number of hydrogen-bond donors (Lipinski definition) is 1. The standard InChI is InChI=1S/C16H11NO3/c17-9-10-2-1-3-11(6-10)13-7-12-4-5-20-15(12)14(8-13)16(18)19/h1-3,6-8H,4-5H2,(H,18,19). The largest absolute Gasteiger partial charge is 0.492 e. The Hall–Kier alpha value is -2.80. The Morgan fingerprint density at radius 3 is 2.85 bits per heavy atom. The lowest BCUT2D eigenvalue weighted by Gasteiger charge is -2.08. The third-order valence-electron chi connectivity index (χ3n) is 3.34. The van der Waals surface area contributed by atoms with Crippen molar-refractivity contribution in [3.8, 4) is 22.9 Å². The summed E-state index contributed by atoms with van der Waals surface area (Å²) in [6.45, 7) is 0.511. The summed E-state index contributed by atoms with van der Waals surface area (Å²) in [7, 11) is 0. The highest BCUT2D eigenvalue weighted by atomic mass is 16.5. The summed E-state index contributed by atoms with van der Waals surface area (Å²) in [4.78, 5) is 11.3. The van der Waals surface area contributed by atoms with E-state index in [0.717, 1.165) is 16.7 Å². The lowest BCUT2D eigenvalue weighted by atomic mass is 9.97. The van der Waals surface area contributed by atoms with Gasteiger partial charge in [0.2, 0.25) is 0 Å². The van der Waals surface area contributed by atoms with E-state index in [-0.39, 0.29) is 5.56 Å². The number of hydrogen-bond acceptors (Lipinski definition) is 3. The Morgan fingerprint density at radius 1 is 1.25 bits per heavy atom. The first-order valence-electron chi connectivity index (χ1n) is 6.22. The molecule has 0 amide bonds. The Bertz CT molecular complexity index is 744. The molecule has 4 nitrogen and oxygen atoms in total. The van der Waals surface area contributed by atoms with Gasteiger partial charge in [0.05, 0.1) is 18.2 Å². The van der Waals surface area contributed by atoms with Crippen molar-refractivity contribution in [2.45, 2.75) is 6.42 Å². The first-order chi connectivity index (χ1) is 9.69. The van der Waals surface area contributed by atoms with Gasteiger partial charge in [-0.3, -0.25) is 0 Å². The lowest BCUT2D eigenvalue weighted by Crippen LogP contribution is -2.00. The molecule has 0 saturated heterocycles. The van der Waals surface area contributed by atoms with E-state index in [1.165, 1.54) is 0 Å². The van der Waals surface area contributed by atoms with Gasteiger partial charge in [-0.1, -0.05) is 12.1 Å². The molecule has 1 aliphatic heterocycles. The maximum absolute atomic E-state index is 11.3. The summed E-state index contributed by atoms with van der Waals surface area (Å²) in [5, 5.41) is 18.2. The van der Waals surface area contributed by atoms with Gasteiger partial charge in [-0.2, -0.15) is 5.26 Å². The van der Waals surface area contributed by atoms with Crippen LogP contribution in [0.3, 0.4) is 0 Å². The van der Waals surface area contributed by atoms with Crippen LogP contribution in [0.4, 0.5) is 0 Å². The zero-order valence-electron chi connectivity index (χ0n) is 10.6. The van der Waals surface area contributed by atoms with Gasteiger partial charge >= 0.3 is 5.97 Å². The van der Waals surface area contributed by atoms with E-state index >= 15 is 0 Å². The van der Waals surface area contributed by atoms with E-state index in [2.05, 4.69) is 6.07 Å². The summed E-state index contributed by atoms with van der Waals surface area (Å²) in [6, 6.07) is 12.8. The highest BCUT2D eigenvalue weighted by Crippen LogP contribution is 2.34. The monoisotopic (exact) mass is 265 g/mol. The Morgan fingerprint density at radius 2 is 2.10 bits per heavy atom. The molecule has 0 saturated carbocycles. The van der Waals surface area contributed by atoms with Crippen molar-refractivity contribution in [2.75, 3.05) is 6.61 Å². The smallest absolute Gasteiger partial charge is 0.339 e. The van der Waals surface area contributed by atoms with Crippen molar-refractivity contribution in [1.82, 2.24) is 0 Å². The van der Waals surface area contributed by atoms with Crippen molar-refractivity contribution in [3.63, 3.8) is 0 Å². The zero-order chi connectivity index (χ0) is 14.1. The molecule has 1 heterocycles. The van der Waals surface area contributed by atoms with Crippen LogP contribution < -0.4 is 4.74 Å². The summed E-state index contributed by atoms with van der Waals surface area (Å²) in [5.41, 5.74) is 3.26. The van der Waals surface area contributed by atoms with Crippen LogP contribution in [0, 0.1) is 11.3 Å². The van der Waals surface area contributed by atoms with Gasteiger partial charge in [-0.05, 0) is 41.0 Å². The predicted octanol–water partition coefficient (Wildman–Crippen LogP) is 2.86. The van der Waals surface area contributed by atoms with E-state index in [9.17, 15) is 9.90 Å². The highest BCUT2D eigenvalue weighted by Gasteiger charge is 2.22. The number of nitriles is 1. The van der Waals surface area contributed by atoms with Crippen LogP contribution in [-0.2, 0) is 6.42 Å². The topological polar surface area (TPSA) is 70.3 Å². The number of benzene rings is 2. The maximum Gasteiger partial charge on any atom is 0.339 e. The average molecular weight is 265 g/mol. The molecule has 0 spiro atoms. The molecule has 0 fully saturated rings. The van der Waals surface area contributed by atoms with E-state index in [1.807, 2.05) is 12.1 Å². The first kappa shape index (κ1) is 12.2. The van der Waals surface area contributed by atoms with E-state index in [4.69, 9.17) is 10.00 Å². The fourth-order valence-electron chi connectivity index (χ4n) is 2.40. The van der Waals surface area contributed by atoms with Crippen LogP contribution in [0.15, 0.2) is 36.4 Å². The van der Waals surface area contributed by atoms with Crippen molar-refractivity contribution >= 4 is 5.97 Å². The third kappa shape index (κ3) is 1.99. The second-order valence-electron chi connectivity index (χ2n) is 4.61. The highest BCUT2D eigenvalue weighted by molar-refractivity contribution is 5.93. The van der Waals surface area contributed by atoms with Crippen LogP contribution in [0.1, 0.15) is 21.5 Å². The molecule has 0 aromatic heterocycles. The van der Waals surface area contributed by atoms with Crippen molar-refractivity contribution in [3.05, 3.63) is 53.1 Å². The summed E-state index contributed by atoms with van der Waals surface area (Å²) >= 11 is 0.